The fourth-order valence-electron chi connectivity index (χ4n) is 2.15. The van der Waals surface area contributed by atoms with E-state index in [4.69, 9.17) is 0 Å². The number of nitrogens with one attached hydrogen (secondary N) is 1. The maximum atomic E-state index is 12.0. The molecule has 1 aromatic rings. The SMILES string of the molecule is O=C(NCCCCI)C1=Cc2ccccc2CC1. The van der Waals surface area contributed by atoms with Crippen molar-refractivity contribution in [3.8, 4) is 0 Å². The molecule has 0 unspecified atom stereocenters. The molecule has 2 rings (SSSR count). The lowest BCUT2D eigenvalue weighted by Gasteiger charge is -2.16. The summed E-state index contributed by atoms with van der Waals surface area (Å²) in [5, 5.41) is 3.01. The summed E-state index contributed by atoms with van der Waals surface area (Å²) in [5.41, 5.74) is 3.46. The van der Waals surface area contributed by atoms with Gasteiger partial charge < -0.3 is 5.32 Å². The minimum atomic E-state index is 0.109. The van der Waals surface area contributed by atoms with Crippen LogP contribution in [0.1, 0.15) is 30.4 Å². The second-order valence-corrected chi connectivity index (χ2v) is 5.60. The fourth-order valence-corrected chi connectivity index (χ4v) is 2.69. The summed E-state index contributed by atoms with van der Waals surface area (Å²) in [6.45, 7) is 0.792. The summed E-state index contributed by atoms with van der Waals surface area (Å²) < 4.78 is 1.16. The zero-order valence-corrected chi connectivity index (χ0v) is 12.6. The number of hydrogen-bond donors (Lipinski definition) is 1. The van der Waals surface area contributed by atoms with Gasteiger partial charge in [-0.25, -0.2) is 0 Å². The number of halogens is 1. The number of carbonyl (C=O) groups excluding carboxylic acids is 1. The van der Waals surface area contributed by atoms with E-state index in [2.05, 4.69) is 46.1 Å². The lowest BCUT2D eigenvalue weighted by atomic mass is 9.92. The van der Waals surface area contributed by atoms with Gasteiger partial charge >= 0.3 is 0 Å². The molecule has 0 atom stereocenters. The van der Waals surface area contributed by atoms with Crippen molar-refractivity contribution in [1.82, 2.24) is 5.32 Å². The van der Waals surface area contributed by atoms with Crippen molar-refractivity contribution in [2.45, 2.75) is 25.7 Å². The van der Waals surface area contributed by atoms with Gasteiger partial charge in [0.2, 0.25) is 5.91 Å². The Morgan fingerprint density at radius 1 is 1.22 bits per heavy atom. The molecule has 1 aliphatic rings. The van der Waals surface area contributed by atoms with E-state index in [9.17, 15) is 4.79 Å². The molecule has 0 heterocycles. The molecule has 0 saturated carbocycles. The molecule has 1 aromatic carbocycles. The fraction of sp³-hybridized carbons (Fsp3) is 0.400. The van der Waals surface area contributed by atoms with Crippen LogP contribution in [0.2, 0.25) is 0 Å². The highest BCUT2D eigenvalue weighted by atomic mass is 127. The van der Waals surface area contributed by atoms with Crippen LogP contribution in [-0.2, 0) is 11.2 Å². The average Bonchev–Trinajstić information content (AvgIpc) is 2.43. The summed E-state index contributed by atoms with van der Waals surface area (Å²) in [6.07, 6.45) is 6.10. The van der Waals surface area contributed by atoms with Crippen LogP contribution < -0.4 is 5.32 Å². The van der Waals surface area contributed by atoms with E-state index >= 15 is 0 Å². The van der Waals surface area contributed by atoms with E-state index in [1.807, 2.05) is 12.1 Å². The number of fused-ring (bicyclic) bond motifs is 1. The van der Waals surface area contributed by atoms with E-state index in [0.717, 1.165) is 35.8 Å². The molecular formula is C15H18INO. The molecule has 0 bridgehead atoms. The molecule has 1 aliphatic carbocycles. The molecule has 0 radical (unpaired) electrons. The molecular weight excluding hydrogens is 337 g/mol. The topological polar surface area (TPSA) is 29.1 Å². The van der Waals surface area contributed by atoms with Crippen LogP contribution in [0.4, 0.5) is 0 Å². The van der Waals surface area contributed by atoms with Gasteiger partial charge in [0.1, 0.15) is 0 Å². The molecule has 2 nitrogen and oxygen atoms in total. The highest BCUT2D eigenvalue weighted by Gasteiger charge is 2.15. The Morgan fingerprint density at radius 3 is 2.89 bits per heavy atom. The van der Waals surface area contributed by atoms with Gasteiger partial charge in [0.15, 0.2) is 0 Å². The quantitative estimate of drug-likeness (QED) is 0.490. The third-order valence-corrected chi connectivity index (χ3v) is 3.95. The minimum absolute atomic E-state index is 0.109. The smallest absolute Gasteiger partial charge is 0.247 e. The van der Waals surface area contributed by atoms with E-state index in [0.29, 0.717) is 0 Å². The zero-order valence-electron chi connectivity index (χ0n) is 10.4. The summed E-state index contributed by atoms with van der Waals surface area (Å²) in [5.74, 6) is 0.109. The second kappa shape index (κ2) is 6.92. The van der Waals surface area contributed by atoms with Crippen LogP contribution in [0, 0.1) is 0 Å². The largest absolute Gasteiger partial charge is 0.352 e. The molecule has 3 heteroatoms. The number of rotatable bonds is 5. The summed E-state index contributed by atoms with van der Waals surface area (Å²) >= 11 is 2.36. The number of alkyl halides is 1. The number of benzene rings is 1. The lowest BCUT2D eigenvalue weighted by Crippen LogP contribution is -2.27. The van der Waals surface area contributed by atoms with Gasteiger partial charge in [0.05, 0.1) is 0 Å². The average molecular weight is 355 g/mol. The van der Waals surface area contributed by atoms with Crippen LogP contribution in [-0.4, -0.2) is 16.9 Å². The van der Waals surface area contributed by atoms with Crippen LogP contribution >= 0.6 is 22.6 Å². The van der Waals surface area contributed by atoms with Gasteiger partial charge in [0.25, 0.3) is 0 Å². The maximum Gasteiger partial charge on any atom is 0.247 e. The normalized spacial score (nSPS) is 13.7. The third kappa shape index (κ3) is 3.57. The number of unbranched alkanes of at least 4 members (excludes halogenated alkanes) is 1. The molecule has 0 aromatic heterocycles. The van der Waals surface area contributed by atoms with E-state index in [1.54, 1.807) is 0 Å². The second-order valence-electron chi connectivity index (χ2n) is 4.52. The monoisotopic (exact) mass is 355 g/mol. The zero-order chi connectivity index (χ0) is 12.8. The number of amides is 1. The molecule has 1 N–H and O–H groups in total. The molecule has 18 heavy (non-hydrogen) atoms. The first kappa shape index (κ1) is 13.6. The van der Waals surface area contributed by atoms with E-state index in [1.165, 1.54) is 17.5 Å². The predicted molar refractivity (Wildman–Crippen MR) is 83.9 cm³/mol. The van der Waals surface area contributed by atoms with Crippen molar-refractivity contribution in [1.29, 1.82) is 0 Å². The molecule has 0 aliphatic heterocycles. The summed E-state index contributed by atoms with van der Waals surface area (Å²) in [7, 11) is 0. The molecule has 96 valence electrons. The van der Waals surface area contributed by atoms with Crippen molar-refractivity contribution >= 4 is 34.6 Å². The molecule has 1 amide bonds. The van der Waals surface area contributed by atoms with Crippen molar-refractivity contribution in [2.24, 2.45) is 0 Å². The molecule has 0 spiro atoms. The Bertz CT molecular complexity index is 454. The minimum Gasteiger partial charge on any atom is -0.352 e. The van der Waals surface area contributed by atoms with E-state index in [-0.39, 0.29) is 5.91 Å². The van der Waals surface area contributed by atoms with Gasteiger partial charge in [0, 0.05) is 12.1 Å². The van der Waals surface area contributed by atoms with Gasteiger partial charge in [-0.3, -0.25) is 4.79 Å². The first-order chi connectivity index (χ1) is 8.81. The van der Waals surface area contributed by atoms with Crippen molar-refractivity contribution in [2.75, 3.05) is 11.0 Å². The third-order valence-electron chi connectivity index (χ3n) is 3.19. The highest BCUT2D eigenvalue weighted by Crippen LogP contribution is 2.23. The van der Waals surface area contributed by atoms with Crippen molar-refractivity contribution in [3.05, 3.63) is 41.0 Å². The number of aryl methyl sites for hydroxylation is 1. The Labute approximate surface area is 122 Å². The number of hydrogen-bond acceptors (Lipinski definition) is 1. The van der Waals surface area contributed by atoms with Crippen LogP contribution in [0.3, 0.4) is 0 Å². The van der Waals surface area contributed by atoms with Crippen molar-refractivity contribution in [3.63, 3.8) is 0 Å². The maximum absolute atomic E-state index is 12.0. The van der Waals surface area contributed by atoms with Crippen LogP contribution in [0.5, 0.6) is 0 Å². The van der Waals surface area contributed by atoms with Gasteiger partial charge in [-0.2, -0.15) is 0 Å². The Kier molecular flexibility index (Phi) is 5.23. The highest BCUT2D eigenvalue weighted by molar-refractivity contribution is 14.1. The molecule has 0 saturated heterocycles. The van der Waals surface area contributed by atoms with Gasteiger partial charge in [-0.15, -0.1) is 0 Å². The standard InChI is InChI=1S/C15H18INO/c16-9-3-4-10-17-15(18)14-8-7-12-5-1-2-6-13(12)11-14/h1-2,5-6,11H,3-4,7-10H2,(H,17,18). The Morgan fingerprint density at radius 2 is 2.06 bits per heavy atom. The Balaban J connectivity index is 1.94. The summed E-state index contributed by atoms with van der Waals surface area (Å²) in [4.78, 5) is 12.0. The summed E-state index contributed by atoms with van der Waals surface area (Å²) in [6, 6.07) is 8.30. The van der Waals surface area contributed by atoms with Crippen molar-refractivity contribution < 1.29 is 4.79 Å². The van der Waals surface area contributed by atoms with Crippen LogP contribution in [0.15, 0.2) is 29.8 Å². The van der Waals surface area contributed by atoms with Crippen LogP contribution in [0.25, 0.3) is 6.08 Å². The molecule has 0 fully saturated rings. The van der Waals surface area contributed by atoms with Gasteiger partial charge in [-0.1, -0.05) is 46.9 Å². The number of carbonyl (C=O) groups is 1. The van der Waals surface area contributed by atoms with E-state index < -0.39 is 0 Å². The first-order valence-corrected chi connectivity index (χ1v) is 7.96. The Hall–Kier alpha value is -0.840. The lowest BCUT2D eigenvalue weighted by molar-refractivity contribution is -0.117. The van der Waals surface area contributed by atoms with Gasteiger partial charge in [-0.05, 0) is 47.3 Å². The first-order valence-electron chi connectivity index (χ1n) is 6.44. The predicted octanol–water partition coefficient (Wildman–Crippen LogP) is 3.35.